The summed E-state index contributed by atoms with van der Waals surface area (Å²) < 4.78 is 5.27. The zero-order valence-corrected chi connectivity index (χ0v) is 10.3. The fraction of sp³-hybridized carbons (Fsp3) is 0.750. The monoisotopic (exact) mass is 251 g/mol. The highest BCUT2D eigenvalue weighted by Gasteiger charge is 2.44. The van der Waals surface area contributed by atoms with E-state index in [0.29, 0.717) is 26.1 Å². The van der Waals surface area contributed by atoms with Crippen molar-refractivity contribution in [3.63, 3.8) is 0 Å². The number of fused-ring (bicyclic) bond motifs is 1. The maximum Gasteiger partial charge on any atom is 0.333 e. The average Bonchev–Trinajstić information content (AvgIpc) is 2.83. The van der Waals surface area contributed by atoms with E-state index < -0.39 is 11.5 Å². The van der Waals surface area contributed by atoms with Crippen LogP contribution < -0.4 is 0 Å². The summed E-state index contributed by atoms with van der Waals surface area (Å²) in [7, 11) is 0. The van der Waals surface area contributed by atoms with E-state index in [1.54, 1.807) is 0 Å². The molecule has 1 N–H and O–H groups in total. The zero-order valence-electron chi connectivity index (χ0n) is 10.3. The molecule has 6 heteroatoms. The maximum absolute atomic E-state index is 11.6. The second-order valence-electron chi connectivity index (χ2n) is 5.04. The van der Waals surface area contributed by atoms with Gasteiger partial charge in [0.2, 0.25) is 0 Å². The summed E-state index contributed by atoms with van der Waals surface area (Å²) in [6, 6.07) is 0. The summed E-state index contributed by atoms with van der Waals surface area (Å²) in [4.78, 5) is 13.1. The van der Waals surface area contributed by atoms with Gasteiger partial charge in [0.1, 0.15) is 0 Å². The molecule has 98 valence electrons. The Hall–Kier alpha value is -1.43. The van der Waals surface area contributed by atoms with Crippen molar-refractivity contribution >= 4 is 5.97 Å². The molecule has 2 heterocycles. The van der Waals surface area contributed by atoms with Crippen LogP contribution in [0.25, 0.3) is 0 Å². The topological polar surface area (TPSA) is 77.2 Å². The van der Waals surface area contributed by atoms with Crippen molar-refractivity contribution in [3.8, 4) is 0 Å². The molecule has 2 aliphatic rings. The molecule has 0 saturated carbocycles. The Morgan fingerprint density at radius 3 is 2.22 bits per heavy atom. The number of ether oxygens (including phenoxy) is 1. The highest BCUT2D eigenvalue weighted by Crippen LogP contribution is 2.30. The molecule has 6 nitrogen and oxygen atoms in total. The largest absolute Gasteiger partial charge is 0.479 e. The minimum Gasteiger partial charge on any atom is -0.479 e. The minimum atomic E-state index is -1.00. The summed E-state index contributed by atoms with van der Waals surface area (Å²) in [5.41, 5.74) is 0.956. The molecule has 0 spiro atoms. The minimum absolute atomic E-state index is 0.440. The number of carboxylic acid groups (broad SMARTS) is 1. The van der Waals surface area contributed by atoms with E-state index in [2.05, 4.69) is 10.2 Å². The van der Waals surface area contributed by atoms with E-state index in [0.717, 1.165) is 37.1 Å². The number of rotatable bonds is 2. The van der Waals surface area contributed by atoms with Gasteiger partial charge in [0.05, 0.1) is 11.4 Å². The van der Waals surface area contributed by atoms with Crippen LogP contribution in [0.5, 0.6) is 0 Å². The predicted molar refractivity (Wildman–Crippen MR) is 62.3 cm³/mol. The zero-order chi connectivity index (χ0) is 12.6. The fourth-order valence-corrected chi connectivity index (χ4v) is 2.74. The van der Waals surface area contributed by atoms with E-state index in [-0.39, 0.29) is 0 Å². The molecule has 1 fully saturated rings. The van der Waals surface area contributed by atoms with Crippen molar-refractivity contribution in [2.24, 2.45) is 0 Å². The Bertz CT molecular complexity index is 440. The predicted octanol–water partition coefficient (Wildman–Crippen LogP) is 0.747. The summed E-state index contributed by atoms with van der Waals surface area (Å²) in [6.45, 7) is 0.914. The number of carbonyl (C=O) groups is 1. The molecule has 1 saturated heterocycles. The maximum atomic E-state index is 11.6. The smallest absolute Gasteiger partial charge is 0.333 e. The van der Waals surface area contributed by atoms with Gasteiger partial charge < -0.3 is 9.84 Å². The third kappa shape index (κ3) is 1.71. The molecule has 1 aliphatic heterocycles. The summed E-state index contributed by atoms with van der Waals surface area (Å²) in [5.74, 6) is -0.849. The lowest BCUT2D eigenvalue weighted by Crippen LogP contribution is -2.47. The Morgan fingerprint density at radius 1 is 1.17 bits per heavy atom. The summed E-state index contributed by atoms with van der Waals surface area (Å²) >= 11 is 0. The first-order valence-corrected chi connectivity index (χ1v) is 6.49. The number of hydrogen-bond donors (Lipinski definition) is 1. The molecule has 0 atom stereocenters. The highest BCUT2D eigenvalue weighted by molar-refractivity contribution is 5.76. The van der Waals surface area contributed by atoms with Crippen molar-refractivity contribution in [1.29, 1.82) is 0 Å². The van der Waals surface area contributed by atoms with Crippen LogP contribution in [0.15, 0.2) is 0 Å². The second-order valence-corrected chi connectivity index (χ2v) is 5.04. The van der Waals surface area contributed by atoms with Crippen LogP contribution >= 0.6 is 0 Å². The first-order chi connectivity index (χ1) is 8.72. The lowest BCUT2D eigenvalue weighted by molar-refractivity contribution is -0.154. The van der Waals surface area contributed by atoms with Crippen molar-refractivity contribution in [2.75, 3.05) is 13.2 Å². The number of aryl methyl sites for hydroxylation is 2. The van der Waals surface area contributed by atoms with E-state index in [9.17, 15) is 9.90 Å². The van der Waals surface area contributed by atoms with Crippen molar-refractivity contribution in [2.45, 2.75) is 44.1 Å². The lowest BCUT2D eigenvalue weighted by Gasteiger charge is -2.31. The van der Waals surface area contributed by atoms with Crippen molar-refractivity contribution in [3.05, 3.63) is 11.4 Å². The molecule has 0 radical (unpaired) electrons. The highest BCUT2D eigenvalue weighted by atomic mass is 16.5. The average molecular weight is 251 g/mol. The van der Waals surface area contributed by atoms with Gasteiger partial charge in [-0.15, -0.1) is 0 Å². The van der Waals surface area contributed by atoms with E-state index in [1.807, 2.05) is 0 Å². The normalized spacial score (nSPS) is 22.4. The Kier molecular flexibility index (Phi) is 2.81. The van der Waals surface area contributed by atoms with E-state index in [1.165, 1.54) is 4.80 Å². The third-order valence-electron chi connectivity index (χ3n) is 3.94. The van der Waals surface area contributed by atoms with Gasteiger partial charge in [-0.2, -0.15) is 15.0 Å². The standard InChI is InChI=1S/C12H17N3O3/c16-11(17)12(5-7-18-8-6-12)15-13-9-3-1-2-4-10(9)14-15/h1-8H2,(H,16,17). The molecule has 0 unspecified atom stereocenters. The number of aliphatic carboxylic acids is 1. The molecule has 0 amide bonds. The van der Waals surface area contributed by atoms with Crippen LogP contribution in [0.2, 0.25) is 0 Å². The van der Waals surface area contributed by atoms with Crippen LogP contribution in [0.1, 0.15) is 37.1 Å². The molecular formula is C12H17N3O3. The van der Waals surface area contributed by atoms with Crippen LogP contribution in [0.4, 0.5) is 0 Å². The third-order valence-corrected chi connectivity index (χ3v) is 3.94. The second kappa shape index (κ2) is 4.35. The molecule has 1 aliphatic carbocycles. The first kappa shape index (κ1) is 11.6. The number of carboxylic acids is 1. The van der Waals surface area contributed by atoms with E-state index in [4.69, 9.17) is 4.74 Å². The van der Waals surface area contributed by atoms with Gasteiger partial charge in [0.25, 0.3) is 0 Å². The molecule has 0 bridgehead atoms. The van der Waals surface area contributed by atoms with Gasteiger partial charge in [0, 0.05) is 26.1 Å². The number of hydrogen-bond acceptors (Lipinski definition) is 4. The van der Waals surface area contributed by atoms with Crippen LogP contribution in [0, 0.1) is 0 Å². The molecule has 18 heavy (non-hydrogen) atoms. The quantitative estimate of drug-likeness (QED) is 0.839. The lowest BCUT2D eigenvalue weighted by atomic mass is 9.91. The number of nitrogens with zero attached hydrogens (tertiary/aromatic N) is 3. The molecule has 3 rings (SSSR count). The van der Waals surface area contributed by atoms with Crippen LogP contribution in [0.3, 0.4) is 0 Å². The van der Waals surface area contributed by atoms with Crippen LogP contribution in [-0.2, 0) is 27.9 Å². The van der Waals surface area contributed by atoms with E-state index >= 15 is 0 Å². The van der Waals surface area contributed by atoms with Crippen LogP contribution in [-0.4, -0.2) is 39.3 Å². The SMILES string of the molecule is O=C(O)C1(n2nc3c(n2)CCCC3)CCOCC1. The fourth-order valence-electron chi connectivity index (χ4n) is 2.74. The first-order valence-electron chi connectivity index (χ1n) is 6.49. The Morgan fingerprint density at radius 2 is 1.72 bits per heavy atom. The van der Waals surface area contributed by atoms with Crippen molar-refractivity contribution in [1.82, 2.24) is 15.0 Å². The molecule has 1 aromatic heterocycles. The Balaban J connectivity index is 1.99. The summed E-state index contributed by atoms with van der Waals surface area (Å²) in [6.07, 6.45) is 4.96. The van der Waals surface area contributed by atoms with Crippen molar-refractivity contribution < 1.29 is 14.6 Å². The van der Waals surface area contributed by atoms with Gasteiger partial charge in [-0.1, -0.05) is 0 Å². The molecule has 1 aromatic rings. The Labute approximate surface area is 105 Å². The molecule has 0 aromatic carbocycles. The van der Waals surface area contributed by atoms with Gasteiger partial charge in [-0.25, -0.2) is 4.79 Å². The van der Waals surface area contributed by atoms with Gasteiger partial charge in [-0.3, -0.25) is 0 Å². The van der Waals surface area contributed by atoms with Gasteiger partial charge in [-0.05, 0) is 25.7 Å². The van der Waals surface area contributed by atoms with Gasteiger partial charge >= 0.3 is 5.97 Å². The molecular weight excluding hydrogens is 234 g/mol. The summed E-state index contributed by atoms with van der Waals surface area (Å²) in [5, 5.41) is 18.4. The van der Waals surface area contributed by atoms with Gasteiger partial charge in [0.15, 0.2) is 5.54 Å². The number of aromatic nitrogens is 3.